The van der Waals surface area contributed by atoms with E-state index in [2.05, 4.69) is 26.0 Å². The highest BCUT2D eigenvalue weighted by Gasteiger charge is 2.23. The second-order valence-electron chi connectivity index (χ2n) is 8.20. The molecule has 0 aliphatic heterocycles. The van der Waals surface area contributed by atoms with Gasteiger partial charge < -0.3 is 18.9 Å². The van der Waals surface area contributed by atoms with Crippen molar-refractivity contribution in [2.75, 3.05) is 13.9 Å². The number of benzene rings is 2. The minimum absolute atomic E-state index is 0.0212. The van der Waals surface area contributed by atoms with Gasteiger partial charge in [0.05, 0.1) is 0 Å². The molecule has 2 aromatic rings. The van der Waals surface area contributed by atoms with Crippen LogP contribution in [0.15, 0.2) is 54.1 Å². The number of hydrogen-bond acceptors (Lipinski definition) is 5. The summed E-state index contributed by atoms with van der Waals surface area (Å²) in [5.74, 6) is 1.81. The van der Waals surface area contributed by atoms with Crippen LogP contribution < -0.4 is 9.26 Å². The topological polar surface area (TPSA) is 57.2 Å². The number of phenolic OH excluding ortho intramolecular Hbond substituents is 1. The number of aromatic hydroxyl groups is 1. The third-order valence-electron chi connectivity index (χ3n) is 5.64. The van der Waals surface area contributed by atoms with Gasteiger partial charge in [0.25, 0.3) is 0 Å². The van der Waals surface area contributed by atoms with Crippen LogP contribution in [-0.4, -0.2) is 19.0 Å². The fourth-order valence-electron chi connectivity index (χ4n) is 4.04. The molecule has 2 atom stereocenters. The molecule has 0 fully saturated rings. The number of para-hydroxylation sites is 1. The maximum absolute atomic E-state index is 10.9. The van der Waals surface area contributed by atoms with Gasteiger partial charge in [0.2, 0.25) is 0 Å². The van der Waals surface area contributed by atoms with Crippen LogP contribution in [0.25, 0.3) is 0 Å². The lowest BCUT2D eigenvalue weighted by molar-refractivity contribution is 0.0993. The van der Waals surface area contributed by atoms with E-state index in [-0.39, 0.29) is 12.7 Å². The molecule has 1 aliphatic carbocycles. The van der Waals surface area contributed by atoms with Crippen molar-refractivity contribution in [3.63, 3.8) is 0 Å². The summed E-state index contributed by atoms with van der Waals surface area (Å²) in [6, 6.07) is 13.4. The third-order valence-corrected chi connectivity index (χ3v) is 6.61. The Labute approximate surface area is 193 Å². The van der Waals surface area contributed by atoms with Gasteiger partial charge in [0, 0.05) is 18.6 Å². The van der Waals surface area contributed by atoms with Gasteiger partial charge in [-0.3, -0.25) is 4.52 Å². The van der Waals surface area contributed by atoms with Crippen molar-refractivity contribution in [2.24, 2.45) is 0 Å². The van der Waals surface area contributed by atoms with Crippen molar-refractivity contribution in [3.8, 4) is 17.2 Å². The molecule has 2 unspecified atom stereocenters. The Hall–Kier alpha value is -2.07. The molecule has 5 nitrogen and oxygen atoms in total. The smallest absolute Gasteiger partial charge is 0.399 e. The van der Waals surface area contributed by atoms with Crippen LogP contribution in [0.1, 0.15) is 69.4 Å². The SMILES string of the molecule is CCCCCc1cc(O)c(C2C=C(C)CCC2)c(OCOP(OC)Oc2ccccc2)c1. The number of hydrogen-bond donors (Lipinski definition) is 1. The van der Waals surface area contributed by atoms with E-state index in [1.54, 1.807) is 7.11 Å². The summed E-state index contributed by atoms with van der Waals surface area (Å²) in [6.45, 7) is 4.32. The normalized spacial score (nSPS) is 17.0. The maximum Gasteiger partial charge on any atom is 0.399 e. The van der Waals surface area contributed by atoms with E-state index in [4.69, 9.17) is 18.3 Å². The van der Waals surface area contributed by atoms with Crippen LogP contribution in [0.2, 0.25) is 0 Å². The summed E-state index contributed by atoms with van der Waals surface area (Å²) in [5.41, 5.74) is 3.28. The predicted octanol–water partition coefficient (Wildman–Crippen LogP) is 7.64. The molecule has 0 radical (unpaired) electrons. The maximum atomic E-state index is 10.9. The van der Waals surface area contributed by atoms with Gasteiger partial charge in [0.15, 0.2) is 6.79 Å². The van der Waals surface area contributed by atoms with E-state index in [1.807, 2.05) is 36.4 Å². The quantitative estimate of drug-likeness (QED) is 0.153. The average Bonchev–Trinajstić information content (AvgIpc) is 2.79. The number of ether oxygens (including phenoxy) is 1. The van der Waals surface area contributed by atoms with Gasteiger partial charge in [-0.05, 0) is 68.9 Å². The monoisotopic (exact) mass is 458 g/mol. The lowest BCUT2D eigenvalue weighted by atomic mass is 9.84. The Balaban J connectivity index is 1.73. The van der Waals surface area contributed by atoms with Crippen molar-refractivity contribution < 1.29 is 23.4 Å². The minimum Gasteiger partial charge on any atom is -0.507 e. The van der Waals surface area contributed by atoms with Crippen LogP contribution in [0.4, 0.5) is 0 Å². The van der Waals surface area contributed by atoms with Gasteiger partial charge >= 0.3 is 8.60 Å². The molecular formula is C26H35O5P. The molecule has 0 bridgehead atoms. The van der Waals surface area contributed by atoms with Crippen LogP contribution in [0.5, 0.6) is 17.2 Å². The molecule has 0 saturated heterocycles. The molecule has 3 rings (SSSR count). The molecule has 0 spiro atoms. The van der Waals surface area contributed by atoms with Crippen molar-refractivity contribution in [1.29, 1.82) is 0 Å². The average molecular weight is 459 g/mol. The summed E-state index contributed by atoms with van der Waals surface area (Å²) in [7, 11) is -0.0373. The van der Waals surface area contributed by atoms with Crippen molar-refractivity contribution in [2.45, 2.75) is 64.7 Å². The summed E-state index contributed by atoms with van der Waals surface area (Å²) in [4.78, 5) is 0. The van der Waals surface area contributed by atoms with Gasteiger partial charge in [-0.1, -0.05) is 49.6 Å². The first-order valence-corrected chi connectivity index (χ1v) is 12.6. The first kappa shape index (κ1) is 24.6. The molecule has 2 aromatic carbocycles. The molecule has 0 heterocycles. The summed E-state index contributed by atoms with van der Waals surface area (Å²) < 4.78 is 22.9. The van der Waals surface area contributed by atoms with Crippen molar-refractivity contribution in [3.05, 3.63) is 65.2 Å². The van der Waals surface area contributed by atoms with E-state index in [9.17, 15) is 5.11 Å². The Morgan fingerprint density at radius 1 is 1.12 bits per heavy atom. The predicted molar refractivity (Wildman–Crippen MR) is 129 cm³/mol. The minimum atomic E-state index is -1.59. The Morgan fingerprint density at radius 2 is 1.94 bits per heavy atom. The lowest BCUT2D eigenvalue weighted by Crippen LogP contribution is -2.09. The number of rotatable bonds is 12. The third kappa shape index (κ3) is 7.23. The Kier molecular flexibility index (Phi) is 9.86. The zero-order valence-corrected chi connectivity index (χ0v) is 20.3. The first-order valence-electron chi connectivity index (χ1n) is 11.5. The number of allylic oxidation sites excluding steroid dienone is 2. The van der Waals surface area contributed by atoms with E-state index in [0.717, 1.165) is 49.7 Å². The Bertz CT molecular complexity index is 868. The largest absolute Gasteiger partial charge is 0.507 e. The van der Waals surface area contributed by atoms with E-state index in [1.165, 1.54) is 12.0 Å². The highest BCUT2D eigenvalue weighted by atomic mass is 31.2. The van der Waals surface area contributed by atoms with Crippen molar-refractivity contribution >= 4 is 8.60 Å². The molecular weight excluding hydrogens is 423 g/mol. The highest BCUT2D eigenvalue weighted by Crippen LogP contribution is 2.43. The second kappa shape index (κ2) is 12.8. The molecule has 1 aliphatic rings. The molecule has 1 N–H and O–H groups in total. The second-order valence-corrected chi connectivity index (χ2v) is 9.45. The number of aryl methyl sites for hydroxylation is 1. The van der Waals surface area contributed by atoms with Crippen LogP contribution >= 0.6 is 8.60 Å². The van der Waals surface area contributed by atoms with Crippen molar-refractivity contribution in [1.82, 2.24) is 0 Å². The lowest BCUT2D eigenvalue weighted by Gasteiger charge is -2.24. The van der Waals surface area contributed by atoms with Gasteiger partial charge in [-0.15, -0.1) is 0 Å². The van der Waals surface area contributed by atoms with Crippen LogP contribution in [-0.2, 0) is 15.5 Å². The van der Waals surface area contributed by atoms with Gasteiger partial charge in [-0.2, -0.15) is 0 Å². The summed E-state index contributed by atoms with van der Waals surface area (Å²) >= 11 is 0. The Morgan fingerprint density at radius 3 is 2.66 bits per heavy atom. The summed E-state index contributed by atoms with van der Waals surface area (Å²) in [6.07, 6.45) is 9.81. The van der Waals surface area contributed by atoms with E-state index in [0.29, 0.717) is 17.2 Å². The van der Waals surface area contributed by atoms with Crippen LogP contribution in [0, 0.1) is 0 Å². The fourth-order valence-corrected chi connectivity index (χ4v) is 4.70. The number of phenols is 1. The molecule has 174 valence electrons. The zero-order chi connectivity index (χ0) is 22.8. The molecule has 0 saturated carbocycles. The molecule has 6 heteroatoms. The number of unbranched alkanes of at least 4 members (excludes halogenated alkanes) is 2. The van der Waals surface area contributed by atoms with Gasteiger partial charge in [0.1, 0.15) is 17.2 Å². The standard InChI is InChI=1S/C26H35O5P/c1-4-5-7-12-21-17-24(27)26(22-13-10-11-20(2)16-22)25(18-21)29-19-30-32(28-3)31-23-14-8-6-9-15-23/h6,8-9,14-18,22,27H,4-5,7,10-13,19H2,1-3H3. The molecule has 0 aromatic heterocycles. The van der Waals surface area contributed by atoms with Crippen LogP contribution in [0.3, 0.4) is 0 Å². The molecule has 0 amide bonds. The highest BCUT2D eigenvalue weighted by molar-refractivity contribution is 7.42. The fraction of sp³-hybridized carbons (Fsp3) is 0.462. The zero-order valence-electron chi connectivity index (χ0n) is 19.4. The van der Waals surface area contributed by atoms with E-state index < -0.39 is 8.60 Å². The summed E-state index contributed by atoms with van der Waals surface area (Å²) in [5, 5.41) is 10.9. The first-order chi connectivity index (χ1) is 15.6. The van der Waals surface area contributed by atoms with E-state index >= 15 is 0 Å². The van der Waals surface area contributed by atoms with Gasteiger partial charge in [-0.25, -0.2) is 0 Å². The molecule has 32 heavy (non-hydrogen) atoms.